The SMILES string of the molecule is CCOC(=O)c1c(C)[nH]c(C(=O)N2CCN(CC(C)C)CC2)c1C. The molecule has 24 heavy (non-hydrogen) atoms. The van der Waals surface area contributed by atoms with Crippen LogP contribution in [0, 0.1) is 19.8 Å². The summed E-state index contributed by atoms with van der Waals surface area (Å²) < 4.78 is 5.09. The van der Waals surface area contributed by atoms with E-state index in [-0.39, 0.29) is 11.9 Å². The van der Waals surface area contributed by atoms with Gasteiger partial charge in [-0.1, -0.05) is 13.8 Å². The van der Waals surface area contributed by atoms with E-state index in [1.54, 1.807) is 20.8 Å². The second-order valence-electron chi connectivity index (χ2n) is 6.83. The predicted octanol–water partition coefficient (Wildman–Crippen LogP) is 2.22. The molecule has 1 aromatic rings. The zero-order valence-corrected chi connectivity index (χ0v) is 15.4. The molecule has 1 fully saturated rings. The Balaban J connectivity index is 2.09. The lowest BCUT2D eigenvalue weighted by atomic mass is 10.1. The third kappa shape index (κ3) is 3.98. The van der Waals surface area contributed by atoms with E-state index in [1.807, 2.05) is 4.90 Å². The molecular weight excluding hydrogens is 306 g/mol. The number of hydrogen-bond acceptors (Lipinski definition) is 4. The fourth-order valence-electron chi connectivity index (χ4n) is 3.28. The number of amides is 1. The van der Waals surface area contributed by atoms with Crippen LogP contribution in [0.15, 0.2) is 0 Å². The molecule has 0 spiro atoms. The molecule has 0 saturated carbocycles. The Morgan fingerprint density at radius 1 is 1.17 bits per heavy atom. The smallest absolute Gasteiger partial charge is 0.340 e. The standard InChI is InChI=1S/C18H29N3O3/c1-6-24-18(23)15-13(4)16(19-14(15)5)17(22)21-9-7-20(8-10-21)11-12(2)3/h12,19H,6-11H2,1-5H3. The molecule has 1 saturated heterocycles. The first-order chi connectivity index (χ1) is 11.3. The van der Waals surface area contributed by atoms with E-state index in [9.17, 15) is 9.59 Å². The number of carbonyl (C=O) groups is 2. The molecule has 2 heterocycles. The van der Waals surface area contributed by atoms with E-state index in [0.29, 0.717) is 35.0 Å². The van der Waals surface area contributed by atoms with Gasteiger partial charge in [-0.05, 0) is 32.3 Å². The molecule has 0 atom stereocenters. The number of carbonyl (C=O) groups excluding carboxylic acids is 2. The highest BCUT2D eigenvalue weighted by molar-refractivity contribution is 6.00. The van der Waals surface area contributed by atoms with Crippen LogP contribution in [-0.4, -0.2) is 66.0 Å². The van der Waals surface area contributed by atoms with Crippen molar-refractivity contribution < 1.29 is 14.3 Å². The van der Waals surface area contributed by atoms with Crippen LogP contribution in [0.5, 0.6) is 0 Å². The van der Waals surface area contributed by atoms with E-state index in [4.69, 9.17) is 4.74 Å². The van der Waals surface area contributed by atoms with Gasteiger partial charge in [0.25, 0.3) is 5.91 Å². The van der Waals surface area contributed by atoms with Crippen LogP contribution >= 0.6 is 0 Å². The number of aryl methyl sites for hydroxylation is 1. The monoisotopic (exact) mass is 335 g/mol. The van der Waals surface area contributed by atoms with Crippen molar-refractivity contribution >= 4 is 11.9 Å². The minimum absolute atomic E-state index is 0.0321. The van der Waals surface area contributed by atoms with E-state index in [0.717, 1.165) is 32.7 Å². The number of aromatic amines is 1. The lowest BCUT2D eigenvalue weighted by Crippen LogP contribution is -2.49. The van der Waals surface area contributed by atoms with Crippen LogP contribution in [0.4, 0.5) is 0 Å². The van der Waals surface area contributed by atoms with Gasteiger partial charge in [-0.15, -0.1) is 0 Å². The van der Waals surface area contributed by atoms with Gasteiger partial charge in [-0.3, -0.25) is 9.69 Å². The number of H-pyrrole nitrogens is 1. The van der Waals surface area contributed by atoms with Crippen LogP contribution < -0.4 is 0 Å². The molecular formula is C18H29N3O3. The molecule has 134 valence electrons. The van der Waals surface area contributed by atoms with E-state index < -0.39 is 0 Å². The van der Waals surface area contributed by atoms with Crippen molar-refractivity contribution in [3.8, 4) is 0 Å². The number of ether oxygens (including phenoxy) is 1. The number of aromatic nitrogens is 1. The van der Waals surface area contributed by atoms with Crippen LogP contribution in [0.2, 0.25) is 0 Å². The minimum atomic E-state index is -0.371. The van der Waals surface area contributed by atoms with Gasteiger partial charge >= 0.3 is 5.97 Å². The van der Waals surface area contributed by atoms with E-state index in [1.165, 1.54) is 0 Å². The Morgan fingerprint density at radius 2 is 1.79 bits per heavy atom. The molecule has 1 amide bonds. The fourth-order valence-corrected chi connectivity index (χ4v) is 3.28. The maximum Gasteiger partial charge on any atom is 0.340 e. The van der Waals surface area contributed by atoms with Gasteiger partial charge in [0.15, 0.2) is 0 Å². The lowest BCUT2D eigenvalue weighted by Gasteiger charge is -2.35. The first-order valence-corrected chi connectivity index (χ1v) is 8.73. The quantitative estimate of drug-likeness (QED) is 0.838. The first kappa shape index (κ1) is 18.5. The summed E-state index contributed by atoms with van der Waals surface area (Å²) in [5.74, 6) is 0.229. The van der Waals surface area contributed by atoms with Gasteiger partial charge in [-0.25, -0.2) is 4.79 Å². The van der Waals surface area contributed by atoms with Crippen molar-refractivity contribution in [2.45, 2.75) is 34.6 Å². The van der Waals surface area contributed by atoms with Gasteiger partial charge in [0.2, 0.25) is 0 Å². The van der Waals surface area contributed by atoms with Gasteiger partial charge in [0.05, 0.1) is 12.2 Å². The molecule has 2 rings (SSSR count). The maximum absolute atomic E-state index is 12.8. The molecule has 1 aliphatic heterocycles. The fraction of sp³-hybridized carbons (Fsp3) is 0.667. The molecule has 1 aliphatic rings. The summed E-state index contributed by atoms with van der Waals surface area (Å²) in [6.45, 7) is 14.4. The average molecular weight is 335 g/mol. The average Bonchev–Trinajstić information content (AvgIpc) is 2.82. The zero-order valence-electron chi connectivity index (χ0n) is 15.4. The Hall–Kier alpha value is -1.82. The molecule has 0 aromatic carbocycles. The third-order valence-corrected chi connectivity index (χ3v) is 4.41. The summed E-state index contributed by atoms with van der Waals surface area (Å²) in [6.07, 6.45) is 0. The number of piperazine rings is 1. The number of rotatable bonds is 5. The van der Waals surface area contributed by atoms with Crippen molar-refractivity contribution in [3.63, 3.8) is 0 Å². The molecule has 1 N–H and O–H groups in total. The molecule has 1 aromatic heterocycles. The van der Waals surface area contributed by atoms with Crippen molar-refractivity contribution in [2.24, 2.45) is 5.92 Å². The molecule has 0 bridgehead atoms. The largest absolute Gasteiger partial charge is 0.462 e. The Kier molecular flexibility index (Phi) is 6.04. The van der Waals surface area contributed by atoms with Crippen molar-refractivity contribution in [1.29, 1.82) is 0 Å². The highest BCUT2D eigenvalue weighted by Crippen LogP contribution is 2.21. The highest BCUT2D eigenvalue weighted by Gasteiger charge is 2.28. The molecule has 0 aliphatic carbocycles. The maximum atomic E-state index is 12.8. The molecule has 0 radical (unpaired) electrons. The zero-order chi connectivity index (χ0) is 17.9. The Labute approximate surface area is 144 Å². The topological polar surface area (TPSA) is 65.6 Å². The predicted molar refractivity (Wildman–Crippen MR) is 93.4 cm³/mol. The Bertz CT molecular complexity index is 599. The molecule has 6 nitrogen and oxygen atoms in total. The van der Waals surface area contributed by atoms with E-state index in [2.05, 4.69) is 23.7 Å². The number of nitrogens with zero attached hydrogens (tertiary/aromatic N) is 2. The summed E-state index contributed by atoms with van der Waals surface area (Å²) in [7, 11) is 0. The molecule has 6 heteroatoms. The normalized spacial score (nSPS) is 15.8. The summed E-state index contributed by atoms with van der Waals surface area (Å²) in [4.78, 5) is 32.2. The summed E-state index contributed by atoms with van der Waals surface area (Å²) in [5.41, 5.74) is 2.36. The van der Waals surface area contributed by atoms with Crippen LogP contribution in [0.25, 0.3) is 0 Å². The summed E-state index contributed by atoms with van der Waals surface area (Å²) in [5, 5.41) is 0. The third-order valence-electron chi connectivity index (χ3n) is 4.41. The van der Waals surface area contributed by atoms with Crippen molar-refractivity contribution in [2.75, 3.05) is 39.3 Å². The van der Waals surface area contributed by atoms with Crippen LogP contribution in [0.1, 0.15) is 52.9 Å². The lowest BCUT2D eigenvalue weighted by molar-refractivity contribution is 0.0525. The second kappa shape index (κ2) is 7.83. The first-order valence-electron chi connectivity index (χ1n) is 8.73. The second-order valence-corrected chi connectivity index (χ2v) is 6.83. The van der Waals surface area contributed by atoms with Gasteiger partial charge < -0.3 is 14.6 Å². The van der Waals surface area contributed by atoms with Gasteiger partial charge in [-0.2, -0.15) is 0 Å². The van der Waals surface area contributed by atoms with Crippen LogP contribution in [-0.2, 0) is 4.74 Å². The van der Waals surface area contributed by atoms with Gasteiger partial charge in [0.1, 0.15) is 5.69 Å². The summed E-state index contributed by atoms with van der Waals surface area (Å²) >= 11 is 0. The van der Waals surface area contributed by atoms with Crippen LogP contribution in [0.3, 0.4) is 0 Å². The number of nitrogens with one attached hydrogen (secondary N) is 1. The number of esters is 1. The highest BCUT2D eigenvalue weighted by atomic mass is 16.5. The summed E-state index contributed by atoms with van der Waals surface area (Å²) in [6, 6.07) is 0. The van der Waals surface area contributed by atoms with Gasteiger partial charge in [0, 0.05) is 38.4 Å². The van der Waals surface area contributed by atoms with E-state index >= 15 is 0 Å². The number of hydrogen-bond donors (Lipinski definition) is 1. The molecule has 0 unspecified atom stereocenters. The van der Waals surface area contributed by atoms with Crippen molar-refractivity contribution in [1.82, 2.24) is 14.8 Å². The van der Waals surface area contributed by atoms with Crippen molar-refractivity contribution in [3.05, 3.63) is 22.5 Å². The minimum Gasteiger partial charge on any atom is -0.462 e. The Morgan fingerprint density at radius 3 is 2.33 bits per heavy atom.